The number of aromatic nitrogens is 2. The van der Waals surface area contributed by atoms with Gasteiger partial charge < -0.3 is 19.7 Å². The second kappa shape index (κ2) is 7.90. The zero-order valence-corrected chi connectivity index (χ0v) is 16.1. The molecule has 1 N–H and O–H groups in total. The van der Waals surface area contributed by atoms with Gasteiger partial charge in [0, 0.05) is 31.0 Å². The molecule has 1 aliphatic heterocycles. The number of rotatable bonds is 5. The Balaban J connectivity index is 1.55. The molecule has 2 aromatic carbocycles. The fraction of sp³-hybridized carbons (Fsp3) is 0.238. The van der Waals surface area contributed by atoms with Crippen molar-refractivity contribution < 1.29 is 18.3 Å². The van der Waals surface area contributed by atoms with Crippen molar-refractivity contribution in [2.75, 3.05) is 31.0 Å². The minimum absolute atomic E-state index is 0.411. The fourth-order valence-corrected chi connectivity index (χ4v) is 3.35. The number of nitrogens with one attached hydrogen (secondary N) is 1. The first-order valence-corrected chi connectivity index (χ1v) is 9.11. The van der Waals surface area contributed by atoms with Crippen LogP contribution in [-0.2, 0) is 13.0 Å². The van der Waals surface area contributed by atoms with Gasteiger partial charge in [-0.3, -0.25) is 0 Å². The number of nitrogens with zero attached hydrogens (tertiary/aromatic N) is 3. The maximum atomic E-state index is 13.4. The van der Waals surface area contributed by atoms with Crippen LogP contribution < -0.4 is 19.7 Å². The highest BCUT2D eigenvalue weighted by Gasteiger charge is 2.21. The van der Waals surface area contributed by atoms with Gasteiger partial charge in [-0.2, -0.15) is 4.98 Å². The van der Waals surface area contributed by atoms with E-state index < -0.39 is 11.6 Å². The first kappa shape index (κ1) is 18.9. The lowest BCUT2D eigenvalue weighted by atomic mass is 9.99. The van der Waals surface area contributed by atoms with Crippen molar-refractivity contribution in [3.05, 3.63) is 65.4 Å². The van der Waals surface area contributed by atoms with Crippen LogP contribution in [0.2, 0.25) is 0 Å². The Morgan fingerprint density at radius 3 is 2.45 bits per heavy atom. The van der Waals surface area contributed by atoms with Crippen LogP contribution >= 0.6 is 0 Å². The number of benzene rings is 2. The lowest BCUT2D eigenvalue weighted by Gasteiger charge is -2.29. The highest BCUT2D eigenvalue weighted by atomic mass is 19.2. The molecule has 1 aliphatic rings. The van der Waals surface area contributed by atoms with Gasteiger partial charge in [0.1, 0.15) is 5.82 Å². The summed E-state index contributed by atoms with van der Waals surface area (Å²) in [6, 6.07) is 9.28. The molecule has 0 aliphatic carbocycles. The molecule has 0 radical (unpaired) electrons. The maximum absolute atomic E-state index is 13.4. The van der Waals surface area contributed by atoms with E-state index in [1.807, 2.05) is 12.1 Å². The summed E-state index contributed by atoms with van der Waals surface area (Å²) in [5.41, 5.74) is 2.74. The number of ether oxygens (including phenoxy) is 2. The molecule has 0 atom stereocenters. The lowest BCUT2D eigenvalue weighted by Crippen LogP contribution is -2.31. The smallest absolute Gasteiger partial charge is 0.227 e. The summed E-state index contributed by atoms with van der Waals surface area (Å²) < 4.78 is 37.3. The normalized spacial score (nSPS) is 13.0. The monoisotopic (exact) mass is 398 g/mol. The molecule has 3 aromatic rings. The Kier molecular flexibility index (Phi) is 5.16. The molecular formula is C21H20F2N4O2. The second-order valence-electron chi connectivity index (χ2n) is 6.64. The van der Waals surface area contributed by atoms with Crippen molar-refractivity contribution in [3.8, 4) is 11.5 Å². The van der Waals surface area contributed by atoms with Crippen molar-refractivity contribution in [1.82, 2.24) is 9.97 Å². The molecule has 0 saturated heterocycles. The Morgan fingerprint density at radius 1 is 0.966 bits per heavy atom. The van der Waals surface area contributed by atoms with Gasteiger partial charge in [0.05, 0.1) is 14.2 Å². The molecule has 8 heteroatoms. The molecule has 2 heterocycles. The topological polar surface area (TPSA) is 59.5 Å². The van der Waals surface area contributed by atoms with Gasteiger partial charge in [0.15, 0.2) is 23.1 Å². The summed E-state index contributed by atoms with van der Waals surface area (Å²) in [6.07, 6.45) is 2.45. The molecule has 1 aromatic heterocycles. The van der Waals surface area contributed by atoms with Crippen LogP contribution in [0.15, 0.2) is 42.6 Å². The standard InChI is InChI=1S/C21H20F2N4O2/c1-28-18-9-13-6-8-27(12-14(13)10-19(18)29-2)21-24-7-5-20(26-21)25-15-3-4-16(22)17(23)11-15/h3-5,7,9-11H,6,8,12H2,1-2H3,(H,24,25,26). The molecule has 0 fully saturated rings. The largest absolute Gasteiger partial charge is 0.493 e. The number of hydrogen-bond acceptors (Lipinski definition) is 6. The van der Waals surface area contributed by atoms with Crippen molar-refractivity contribution >= 4 is 17.5 Å². The Morgan fingerprint density at radius 2 is 1.72 bits per heavy atom. The minimum atomic E-state index is -0.915. The molecule has 0 spiro atoms. The summed E-state index contributed by atoms with van der Waals surface area (Å²) >= 11 is 0. The summed E-state index contributed by atoms with van der Waals surface area (Å²) in [5, 5.41) is 2.98. The highest BCUT2D eigenvalue weighted by Crippen LogP contribution is 2.34. The van der Waals surface area contributed by atoms with Crippen LogP contribution in [0.4, 0.5) is 26.2 Å². The van der Waals surface area contributed by atoms with E-state index in [-0.39, 0.29) is 0 Å². The third-order valence-corrected chi connectivity index (χ3v) is 4.84. The van der Waals surface area contributed by atoms with E-state index in [1.54, 1.807) is 26.5 Å². The van der Waals surface area contributed by atoms with Crippen molar-refractivity contribution in [1.29, 1.82) is 0 Å². The molecule has 0 amide bonds. The van der Waals surface area contributed by atoms with Crippen molar-refractivity contribution in [2.45, 2.75) is 13.0 Å². The zero-order valence-electron chi connectivity index (χ0n) is 16.1. The molecule has 0 bridgehead atoms. The first-order valence-electron chi connectivity index (χ1n) is 9.11. The van der Waals surface area contributed by atoms with Crippen LogP contribution in [0, 0.1) is 11.6 Å². The minimum Gasteiger partial charge on any atom is -0.493 e. The van der Waals surface area contributed by atoms with E-state index in [4.69, 9.17) is 9.47 Å². The lowest BCUT2D eigenvalue weighted by molar-refractivity contribution is 0.353. The average Bonchev–Trinajstić information content (AvgIpc) is 2.75. The summed E-state index contributed by atoms with van der Waals surface area (Å²) in [6.45, 7) is 1.38. The number of fused-ring (bicyclic) bond motifs is 1. The molecular weight excluding hydrogens is 378 g/mol. The third kappa shape index (κ3) is 3.91. The van der Waals surface area contributed by atoms with Gasteiger partial charge in [-0.15, -0.1) is 0 Å². The summed E-state index contributed by atoms with van der Waals surface area (Å²) in [5.74, 6) is 0.646. The number of anilines is 3. The van der Waals surface area contributed by atoms with Gasteiger partial charge in [0.2, 0.25) is 5.95 Å². The van der Waals surface area contributed by atoms with Crippen LogP contribution in [-0.4, -0.2) is 30.7 Å². The number of halogens is 2. The SMILES string of the molecule is COc1cc2c(cc1OC)CN(c1nccc(Nc3ccc(F)c(F)c3)n1)CC2. The van der Waals surface area contributed by atoms with E-state index in [9.17, 15) is 8.78 Å². The average molecular weight is 398 g/mol. The Labute approximate surface area is 167 Å². The van der Waals surface area contributed by atoms with E-state index in [0.717, 1.165) is 30.7 Å². The van der Waals surface area contributed by atoms with Crippen molar-refractivity contribution in [3.63, 3.8) is 0 Å². The third-order valence-electron chi connectivity index (χ3n) is 4.84. The van der Waals surface area contributed by atoms with Gasteiger partial charge in [0.25, 0.3) is 0 Å². The quantitative estimate of drug-likeness (QED) is 0.699. The van der Waals surface area contributed by atoms with Gasteiger partial charge in [-0.25, -0.2) is 13.8 Å². The van der Waals surface area contributed by atoms with E-state index in [1.165, 1.54) is 11.6 Å². The molecule has 0 saturated carbocycles. The predicted molar refractivity (Wildman–Crippen MR) is 106 cm³/mol. The zero-order chi connectivity index (χ0) is 20.4. The molecule has 0 unspecified atom stereocenters. The first-order chi connectivity index (χ1) is 14.1. The van der Waals surface area contributed by atoms with Gasteiger partial charge >= 0.3 is 0 Å². The van der Waals surface area contributed by atoms with Crippen LogP contribution in [0.25, 0.3) is 0 Å². The molecule has 4 rings (SSSR count). The van der Waals surface area contributed by atoms with Gasteiger partial charge in [-0.1, -0.05) is 0 Å². The molecule has 29 heavy (non-hydrogen) atoms. The van der Waals surface area contributed by atoms with Crippen molar-refractivity contribution in [2.24, 2.45) is 0 Å². The van der Waals surface area contributed by atoms with E-state index in [2.05, 4.69) is 20.2 Å². The Bertz CT molecular complexity index is 1050. The predicted octanol–water partition coefficient (Wildman–Crippen LogP) is 4.08. The summed E-state index contributed by atoms with van der Waals surface area (Å²) in [7, 11) is 3.24. The van der Waals surface area contributed by atoms with E-state index >= 15 is 0 Å². The summed E-state index contributed by atoms with van der Waals surface area (Å²) in [4.78, 5) is 11.0. The fourth-order valence-electron chi connectivity index (χ4n) is 3.35. The van der Waals surface area contributed by atoms with Crippen LogP contribution in [0.1, 0.15) is 11.1 Å². The number of methoxy groups -OCH3 is 2. The maximum Gasteiger partial charge on any atom is 0.227 e. The molecule has 150 valence electrons. The van der Waals surface area contributed by atoms with Gasteiger partial charge in [-0.05, 0) is 47.9 Å². The second-order valence-corrected chi connectivity index (χ2v) is 6.64. The Hall–Kier alpha value is -3.42. The van der Waals surface area contributed by atoms with E-state index in [0.29, 0.717) is 35.5 Å². The van der Waals surface area contributed by atoms with Crippen LogP contribution in [0.3, 0.4) is 0 Å². The number of hydrogen-bond donors (Lipinski definition) is 1. The van der Waals surface area contributed by atoms with Crippen LogP contribution in [0.5, 0.6) is 11.5 Å². The highest BCUT2D eigenvalue weighted by molar-refractivity contribution is 5.57. The molecule has 6 nitrogen and oxygen atoms in total.